The van der Waals surface area contributed by atoms with E-state index in [-0.39, 0.29) is 5.78 Å². The van der Waals surface area contributed by atoms with E-state index in [4.69, 9.17) is 0 Å². The molecule has 0 saturated carbocycles. The quantitative estimate of drug-likeness (QED) is 0.551. The minimum atomic E-state index is 0.147. The predicted molar refractivity (Wildman–Crippen MR) is 45.6 cm³/mol. The van der Waals surface area contributed by atoms with Crippen LogP contribution >= 0.6 is 0 Å². The fourth-order valence-electron chi connectivity index (χ4n) is 1.24. The molecule has 0 radical (unpaired) electrons. The van der Waals surface area contributed by atoms with Crippen molar-refractivity contribution in [1.29, 1.82) is 0 Å². The second-order valence-electron chi connectivity index (χ2n) is 2.50. The number of carbonyl (C=O) groups excluding carboxylic acids is 1. The Morgan fingerprint density at radius 1 is 1.45 bits per heavy atom. The molecule has 0 unspecified atom stereocenters. The molecule has 0 fully saturated rings. The van der Waals surface area contributed by atoms with Gasteiger partial charge >= 0.3 is 0 Å². The number of ketones is 1. The summed E-state index contributed by atoms with van der Waals surface area (Å²) in [5.74, 6) is 0.147. The van der Waals surface area contributed by atoms with Crippen molar-refractivity contribution in [2.24, 2.45) is 4.99 Å². The molecule has 0 aromatic rings. The van der Waals surface area contributed by atoms with Crippen LogP contribution in [-0.4, -0.2) is 12.5 Å². The minimum absolute atomic E-state index is 0.147. The van der Waals surface area contributed by atoms with Gasteiger partial charge in [0.25, 0.3) is 0 Å². The average molecular weight is 149 g/mol. The summed E-state index contributed by atoms with van der Waals surface area (Å²) in [6.45, 7) is 6.98. The van der Waals surface area contributed by atoms with Gasteiger partial charge in [-0.1, -0.05) is 12.7 Å². The second-order valence-corrected chi connectivity index (χ2v) is 2.50. The van der Waals surface area contributed by atoms with Crippen LogP contribution in [0.2, 0.25) is 0 Å². The average Bonchev–Trinajstić information content (AvgIpc) is 2.04. The first-order valence-corrected chi connectivity index (χ1v) is 3.65. The highest BCUT2D eigenvalue weighted by atomic mass is 16.1. The molecule has 0 aromatic heterocycles. The molecule has 0 aromatic carbocycles. The van der Waals surface area contributed by atoms with Crippen LogP contribution in [0.15, 0.2) is 28.9 Å². The van der Waals surface area contributed by atoms with Crippen molar-refractivity contribution in [1.82, 2.24) is 0 Å². The van der Waals surface area contributed by atoms with E-state index in [0.717, 1.165) is 18.5 Å². The molecular weight excluding hydrogens is 138 g/mol. The molecule has 0 saturated heterocycles. The van der Waals surface area contributed by atoms with Crippen LogP contribution in [0.1, 0.15) is 19.3 Å². The number of rotatable bonds is 2. The third-order valence-electron chi connectivity index (χ3n) is 1.82. The highest BCUT2D eigenvalue weighted by Gasteiger charge is 2.16. The summed E-state index contributed by atoms with van der Waals surface area (Å²) >= 11 is 0. The maximum absolute atomic E-state index is 11.2. The monoisotopic (exact) mass is 149 g/mol. The van der Waals surface area contributed by atoms with Crippen LogP contribution in [0.25, 0.3) is 0 Å². The summed E-state index contributed by atoms with van der Waals surface area (Å²) in [6, 6.07) is 0. The molecule has 11 heavy (non-hydrogen) atoms. The van der Waals surface area contributed by atoms with Gasteiger partial charge in [-0.05, 0) is 19.6 Å². The third-order valence-corrected chi connectivity index (χ3v) is 1.82. The standard InChI is InChI=1S/C9H11NO/c1-3-7-8(10-2)5-4-6-9(7)11/h3H,1-2,4-6H2. The number of hydrogen-bond acceptors (Lipinski definition) is 2. The van der Waals surface area contributed by atoms with Gasteiger partial charge in [-0.2, -0.15) is 0 Å². The van der Waals surface area contributed by atoms with Gasteiger partial charge in [-0.3, -0.25) is 9.79 Å². The van der Waals surface area contributed by atoms with Crippen molar-refractivity contribution in [2.45, 2.75) is 19.3 Å². The van der Waals surface area contributed by atoms with Gasteiger partial charge in [0, 0.05) is 12.0 Å². The fourth-order valence-corrected chi connectivity index (χ4v) is 1.24. The number of Topliss-reactive ketones (excluding diaryl/α,β-unsaturated/α-hetero) is 1. The molecule has 0 aliphatic heterocycles. The number of hydrogen-bond donors (Lipinski definition) is 0. The first-order valence-electron chi connectivity index (χ1n) is 3.65. The predicted octanol–water partition coefficient (Wildman–Crippen LogP) is 1.88. The Balaban J connectivity index is 3.04. The Morgan fingerprint density at radius 3 is 2.64 bits per heavy atom. The maximum atomic E-state index is 11.2. The Bertz CT molecular complexity index is 238. The zero-order valence-corrected chi connectivity index (χ0v) is 6.47. The molecule has 0 atom stereocenters. The van der Waals surface area contributed by atoms with Gasteiger partial charge in [0.15, 0.2) is 5.78 Å². The molecule has 0 bridgehead atoms. The molecule has 1 aliphatic carbocycles. The molecule has 1 aliphatic rings. The summed E-state index contributed by atoms with van der Waals surface area (Å²) in [7, 11) is 0. The zero-order valence-electron chi connectivity index (χ0n) is 6.47. The normalized spacial score (nSPS) is 18.4. The van der Waals surface area contributed by atoms with Gasteiger partial charge in [0.2, 0.25) is 0 Å². The Labute approximate surface area is 66.3 Å². The van der Waals surface area contributed by atoms with E-state index in [9.17, 15) is 4.79 Å². The summed E-state index contributed by atoms with van der Waals surface area (Å²) in [5.41, 5.74) is 1.46. The van der Waals surface area contributed by atoms with Crippen molar-refractivity contribution in [2.75, 3.05) is 0 Å². The van der Waals surface area contributed by atoms with Crippen LogP contribution in [0.4, 0.5) is 0 Å². The first kappa shape index (κ1) is 7.92. The largest absolute Gasteiger partial charge is 0.294 e. The molecule has 0 spiro atoms. The molecule has 0 heterocycles. The molecule has 2 heteroatoms. The number of aliphatic imine (C=N–C) groups is 1. The van der Waals surface area contributed by atoms with E-state index in [1.165, 1.54) is 0 Å². The fraction of sp³-hybridized carbons (Fsp3) is 0.333. The van der Waals surface area contributed by atoms with Crippen LogP contribution in [0.3, 0.4) is 0 Å². The van der Waals surface area contributed by atoms with Crippen molar-refractivity contribution < 1.29 is 4.79 Å². The Hall–Kier alpha value is -1.18. The smallest absolute Gasteiger partial charge is 0.164 e. The Kier molecular flexibility index (Phi) is 2.36. The number of carbonyl (C=O) groups is 1. The molecule has 58 valence electrons. The summed E-state index contributed by atoms with van der Waals surface area (Å²) in [5, 5.41) is 0. The number of nitrogens with zero attached hydrogens (tertiary/aromatic N) is 1. The van der Waals surface area contributed by atoms with Gasteiger partial charge < -0.3 is 0 Å². The SMILES string of the molecule is C=CC1=C(N=C)CCCC1=O. The molecule has 0 N–H and O–H groups in total. The lowest BCUT2D eigenvalue weighted by Crippen LogP contribution is -2.08. The van der Waals surface area contributed by atoms with Gasteiger partial charge in [0.05, 0.1) is 5.70 Å². The van der Waals surface area contributed by atoms with Gasteiger partial charge in [0.1, 0.15) is 0 Å². The minimum Gasteiger partial charge on any atom is -0.294 e. The van der Waals surface area contributed by atoms with Crippen LogP contribution in [0.5, 0.6) is 0 Å². The lowest BCUT2D eigenvalue weighted by molar-refractivity contribution is -0.115. The van der Waals surface area contributed by atoms with Crippen LogP contribution < -0.4 is 0 Å². The molecular formula is C9H11NO. The second kappa shape index (κ2) is 3.28. The van der Waals surface area contributed by atoms with E-state index >= 15 is 0 Å². The van der Waals surface area contributed by atoms with Gasteiger partial charge in [-0.15, -0.1) is 0 Å². The molecule has 1 rings (SSSR count). The lowest BCUT2D eigenvalue weighted by atomic mass is 9.95. The highest BCUT2D eigenvalue weighted by Crippen LogP contribution is 2.22. The Morgan fingerprint density at radius 2 is 2.18 bits per heavy atom. The van der Waals surface area contributed by atoms with Crippen LogP contribution in [0, 0.1) is 0 Å². The van der Waals surface area contributed by atoms with E-state index in [1.54, 1.807) is 6.08 Å². The third kappa shape index (κ3) is 1.45. The number of allylic oxidation sites excluding steroid dienone is 3. The van der Waals surface area contributed by atoms with Gasteiger partial charge in [-0.25, -0.2) is 0 Å². The van der Waals surface area contributed by atoms with E-state index < -0.39 is 0 Å². The van der Waals surface area contributed by atoms with E-state index in [2.05, 4.69) is 18.3 Å². The highest BCUT2D eigenvalue weighted by molar-refractivity contribution is 5.99. The lowest BCUT2D eigenvalue weighted by Gasteiger charge is -2.12. The molecule has 0 amide bonds. The van der Waals surface area contributed by atoms with Crippen molar-refractivity contribution >= 4 is 12.5 Å². The maximum Gasteiger partial charge on any atom is 0.164 e. The topological polar surface area (TPSA) is 29.4 Å². The summed E-state index contributed by atoms with van der Waals surface area (Å²) in [6.07, 6.45) is 3.95. The summed E-state index contributed by atoms with van der Waals surface area (Å²) in [4.78, 5) is 15.0. The van der Waals surface area contributed by atoms with E-state index in [1.807, 2.05) is 0 Å². The van der Waals surface area contributed by atoms with Crippen LogP contribution in [-0.2, 0) is 4.79 Å². The van der Waals surface area contributed by atoms with Crippen molar-refractivity contribution in [3.8, 4) is 0 Å². The van der Waals surface area contributed by atoms with E-state index in [0.29, 0.717) is 12.0 Å². The summed E-state index contributed by atoms with van der Waals surface area (Å²) < 4.78 is 0. The van der Waals surface area contributed by atoms with Crippen molar-refractivity contribution in [3.63, 3.8) is 0 Å². The molecule has 2 nitrogen and oxygen atoms in total. The zero-order chi connectivity index (χ0) is 8.27. The first-order chi connectivity index (χ1) is 5.29. The van der Waals surface area contributed by atoms with Crippen molar-refractivity contribution in [3.05, 3.63) is 23.9 Å².